The molecule has 3 aliphatic rings. The van der Waals surface area contributed by atoms with E-state index in [0.29, 0.717) is 19.3 Å². The van der Waals surface area contributed by atoms with Crippen LogP contribution in [0.15, 0.2) is 0 Å². The van der Waals surface area contributed by atoms with Crippen molar-refractivity contribution in [3.05, 3.63) is 0 Å². The molecule has 0 spiro atoms. The van der Waals surface area contributed by atoms with Gasteiger partial charge >= 0.3 is 5.97 Å². The molecule has 3 heterocycles. The number of hydrogen-bond acceptors (Lipinski definition) is 18. The summed E-state index contributed by atoms with van der Waals surface area (Å²) in [6.07, 6.45) is -20.7. The van der Waals surface area contributed by atoms with Gasteiger partial charge in [-0.1, -0.05) is 6.42 Å². The second-order valence-corrected chi connectivity index (χ2v) is 11.3. The van der Waals surface area contributed by atoms with Gasteiger partial charge in [-0.25, -0.2) is 0 Å². The third-order valence-corrected chi connectivity index (χ3v) is 8.01. The minimum absolute atomic E-state index is 0.114. The minimum Gasteiger partial charge on any atom is -0.469 e. The third-order valence-electron chi connectivity index (χ3n) is 8.01. The maximum atomic E-state index is 12.0. The summed E-state index contributed by atoms with van der Waals surface area (Å²) in [4.78, 5) is 23.2. The first-order valence-corrected chi connectivity index (χ1v) is 15.0. The summed E-state index contributed by atoms with van der Waals surface area (Å²) < 4.78 is 38.3. The third kappa shape index (κ3) is 9.49. The molecule has 19 nitrogen and oxygen atoms in total. The lowest BCUT2D eigenvalue weighted by atomic mass is 9.95. The summed E-state index contributed by atoms with van der Waals surface area (Å²) in [6, 6.07) is -1.22. The van der Waals surface area contributed by atoms with Crippen LogP contribution in [0, 0.1) is 0 Å². The zero-order chi connectivity index (χ0) is 34.1. The van der Waals surface area contributed by atoms with Gasteiger partial charge in [0.1, 0.15) is 73.2 Å². The van der Waals surface area contributed by atoms with Crippen molar-refractivity contribution in [3.8, 4) is 0 Å². The predicted octanol–water partition coefficient (Wildman–Crippen LogP) is -5.67. The van der Waals surface area contributed by atoms with Gasteiger partial charge in [0.15, 0.2) is 18.9 Å². The van der Waals surface area contributed by atoms with Crippen LogP contribution in [0.2, 0.25) is 0 Å². The van der Waals surface area contributed by atoms with Crippen molar-refractivity contribution in [1.29, 1.82) is 0 Å². The van der Waals surface area contributed by atoms with Gasteiger partial charge in [-0.3, -0.25) is 9.59 Å². The maximum absolute atomic E-state index is 12.0. The van der Waals surface area contributed by atoms with Crippen molar-refractivity contribution in [3.63, 3.8) is 0 Å². The molecule has 0 radical (unpaired) electrons. The Bertz CT molecular complexity index is 942. The van der Waals surface area contributed by atoms with Crippen LogP contribution in [-0.4, -0.2) is 183 Å². The number of nitrogens with one attached hydrogen (secondary N) is 1. The highest BCUT2D eigenvalue weighted by Gasteiger charge is 2.53. The van der Waals surface area contributed by atoms with Gasteiger partial charge in [-0.05, 0) is 12.8 Å². The van der Waals surface area contributed by atoms with E-state index in [9.17, 15) is 55.5 Å². The number of unbranched alkanes of at least 4 members (excludes halogenated alkanes) is 2. The number of carbonyl (C=O) groups excluding carboxylic acids is 2. The zero-order valence-corrected chi connectivity index (χ0v) is 25.5. The number of aliphatic hydroxyl groups is 9. The Morgan fingerprint density at radius 3 is 1.72 bits per heavy atom. The summed E-state index contributed by atoms with van der Waals surface area (Å²) in [5.74, 6) is -0.901. The van der Waals surface area contributed by atoms with Crippen LogP contribution >= 0.6 is 0 Å². The molecule has 19 heteroatoms. The lowest BCUT2D eigenvalue weighted by molar-refractivity contribution is -0.374. The molecule has 0 aromatic carbocycles. The summed E-state index contributed by atoms with van der Waals surface area (Å²) in [7, 11) is 1.29. The van der Waals surface area contributed by atoms with Crippen LogP contribution < -0.4 is 5.32 Å². The van der Waals surface area contributed by atoms with Crippen molar-refractivity contribution < 1.29 is 88.7 Å². The van der Waals surface area contributed by atoms with Gasteiger partial charge in [-0.2, -0.15) is 0 Å². The number of esters is 1. The summed E-state index contributed by atoms with van der Waals surface area (Å²) >= 11 is 0. The quantitative estimate of drug-likeness (QED) is 0.0572. The normalized spacial score (nSPS) is 41.6. The van der Waals surface area contributed by atoms with Crippen molar-refractivity contribution in [2.24, 2.45) is 0 Å². The van der Waals surface area contributed by atoms with Crippen LogP contribution in [0.1, 0.15) is 32.6 Å². The van der Waals surface area contributed by atoms with Gasteiger partial charge < -0.3 is 84.4 Å². The fraction of sp³-hybridized carbons (Fsp3) is 0.926. The molecule has 0 aromatic heterocycles. The van der Waals surface area contributed by atoms with Gasteiger partial charge in [0, 0.05) is 20.0 Å². The predicted molar refractivity (Wildman–Crippen MR) is 147 cm³/mol. The second kappa shape index (κ2) is 18.2. The Kier molecular flexibility index (Phi) is 15.3. The molecule has 10 N–H and O–H groups in total. The average Bonchev–Trinajstić information content (AvgIpc) is 3.04. The molecule has 3 saturated heterocycles. The van der Waals surface area contributed by atoms with E-state index in [1.807, 2.05) is 0 Å². The summed E-state index contributed by atoms with van der Waals surface area (Å²) in [5, 5.41) is 95.4. The molecule has 3 rings (SSSR count). The molecule has 15 atom stereocenters. The van der Waals surface area contributed by atoms with E-state index in [-0.39, 0.29) is 19.0 Å². The Balaban J connectivity index is 1.67. The van der Waals surface area contributed by atoms with Crippen LogP contribution in [0.5, 0.6) is 0 Å². The molecule has 46 heavy (non-hydrogen) atoms. The van der Waals surface area contributed by atoms with E-state index >= 15 is 0 Å². The average molecular weight is 674 g/mol. The van der Waals surface area contributed by atoms with Gasteiger partial charge in [0.05, 0.1) is 26.9 Å². The van der Waals surface area contributed by atoms with Crippen LogP contribution in [0.3, 0.4) is 0 Å². The first-order chi connectivity index (χ1) is 21.9. The van der Waals surface area contributed by atoms with Crippen LogP contribution in [0.4, 0.5) is 0 Å². The molecule has 1 amide bonds. The van der Waals surface area contributed by atoms with E-state index in [1.54, 1.807) is 0 Å². The second-order valence-electron chi connectivity index (χ2n) is 11.3. The summed E-state index contributed by atoms with van der Waals surface area (Å²) in [5.41, 5.74) is 0. The monoisotopic (exact) mass is 673 g/mol. The number of rotatable bonds is 15. The molecular weight excluding hydrogens is 626 g/mol. The Morgan fingerprint density at radius 2 is 1.17 bits per heavy atom. The number of hydrogen-bond donors (Lipinski definition) is 10. The largest absolute Gasteiger partial charge is 0.469 e. The van der Waals surface area contributed by atoms with Crippen molar-refractivity contribution in [2.75, 3.05) is 33.5 Å². The van der Waals surface area contributed by atoms with E-state index in [1.165, 1.54) is 14.0 Å². The topological polar surface area (TPSA) is 293 Å². The fourth-order valence-corrected chi connectivity index (χ4v) is 5.44. The molecule has 0 unspecified atom stereocenters. The first-order valence-electron chi connectivity index (χ1n) is 15.0. The first kappa shape index (κ1) is 38.8. The summed E-state index contributed by atoms with van der Waals surface area (Å²) in [6.45, 7) is -0.996. The standard InChI is InChI=1S/C27H47NO18/c1-11(32)28-16-18(35)23(13(9-30)43-25(16)41-7-5-3-4-6-15(33)40-2)45-27-22(39)20(37)24(14(10-31)44-27)46-26-21(38)19(36)17(34)12(8-29)42-26/h12-14,16-27,29-31,34-39H,3-10H2,1-2H3,(H,28,32)/t12-,13-,14-,16-,17+,18-,19+,20-,21-,22-,23-,24+,25-,26+,27+/m1/s1. The SMILES string of the molecule is COC(=O)CCCCCO[C@@H]1O[C@H](CO)[C@@H](O[C@@H]2O[C@H](CO)[C@H](O[C@@H]3O[C@H](CO)[C@H](O)[C@H](O)[C@H]3O)[C@H](O)[C@H]2O)[C@H](O)[C@H]1NC(C)=O. The van der Waals surface area contributed by atoms with Crippen molar-refractivity contribution >= 4 is 11.9 Å². The number of ether oxygens (including phenoxy) is 7. The highest BCUT2D eigenvalue weighted by Crippen LogP contribution is 2.32. The fourth-order valence-electron chi connectivity index (χ4n) is 5.44. The van der Waals surface area contributed by atoms with E-state index in [4.69, 9.17) is 28.4 Å². The molecule has 0 saturated carbocycles. The van der Waals surface area contributed by atoms with Crippen molar-refractivity contribution in [1.82, 2.24) is 5.32 Å². The molecular formula is C27H47NO18. The van der Waals surface area contributed by atoms with Crippen LogP contribution in [0.25, 0.3) is 0 Å². The molecule has 0 aliphatic carbocycles. The minimum atomic E-state index is -1.93. The number of carbonyl (C=O) groups is 2. The van der Waals surface area contributed by atoms with Gasteiger partial charge in [-0.15, -0.1) is 0 Å². The van der Waals surface area contributed by atoms with Gasteiger partial charge in [0.25, 0.3) is 0 Å². The lowest BCUT2D eigenvalue weighted by Gasteiger charge is -2.48. The number of aliphatic hydroxyl groups excluding tert-OH is 9. The highest BCUT2D eigenvalue weighted by atomic mass is 16.8. The lowest BCUT2D eigenvalue weighted by Crippen LogP contribution is -2.68. The Hall–Kier alpha value is -1.66. The Labute approximate surface area is 264 Å². The molecule has 0 aromatic rings. The number of methoxy groups -OCH3 is 1. The Morgan fingerprint density at radius 1 is 0.652 bits per heavy atom. The van der Waals surface area contributed by atoms with E-state index < -0.39 is 118 Å². The van der Waals surface area contributed by atoms with Crippen molar-refractivity contribution in [2.45, 2.75) is 125 Å². The maximum Gasteiger partial charge on any atom is 0.305 e. The molecule has 3 aliphatic heterocycles. The molecule has 268 valence electrons. The molecule has 0 bridgehead atoms. The smallest absolute Gasteiger partial charge is 0.305 e. The van der Waals surface area contributed by atoms with E-state index in [2.05, 4.69) is 10.1 Å². The van der Waals surface area contributed by atoms with E-state index in [0.717, 1.165) is 0 Å². The molecule has 3 fully saturated rings. The number of amides is 1. The van der Waals surface area contributed by atoms with Crippen LogP contribution in [-0.2, 0) is 42.7 Å². The zero-order valence-electron chi connectivity index (χ0n) is 25.5. The highest BCUT2D eigenvalue weighted by molar-refractivity contribution is 5.73. The van der Waals surface area contributed by atoms with Gasteiger partial charge in [0.2, 0.25) is 5.91 Å².